The lowest BCUT2D eigenvalue weighted by molar-refractivity contribution is -0.133. The quantitative estimate of drug-likeness (QED) is 0.805. The SMILES string of the molecule is CN(CCCc1ccccc1)C(=O)C1CNC(=O)CN1. The number of amides is 2. The average Bonchev–Trinajstić information content (AvgIpc) is 2.48. The van der Waals surface area contributed by atoms with E-state index in [1.54, 1.807) is 4.90 Å². The van der Waals surface area contributed by atoms with Crippen LogP contribution >= 0.6 is 0 Å². The van der Waals surface area contributed by atoms with Crippen molar-refractivity contribution in [1.29, 1.82) is 0 Å². The molecule has 0 radical (unpaired) electrons. The van der Waals surface area contributed by atoms with Crippen molar-refractivity contribution in [3.8, 4) is 0 Å². The van der Waals surface area contributed by atoms with Crippen LogP contribution in [0.1, 0.15) is 12.0 Å². The molecular formula is C15H21N3O2. The molecule has 5 nitrogen and oxygen atoms in total. The lowest BCUT2D eigenvalue weighted by Gasteiger charge is -2.27. The molecule has 1 aromatic rings. The van der Waals surface area contributed by atoms with Crippen molar-refractivity contribution in [3.05, 3.63) is 35.9 Å². The molecule has 1 saturated heterocycles. The van der Waals surface area contributed by atoms with Gasteiger partial charge in [-0.15, -0.1) is 0 Å². The van der Waals surface area contributed by atoms with Gasteiger partial charge in [-0.2, -0.15) is 0 Å². The molecule has 5 heteroatoms. The summed E-state index contributed by atoms with van der Waals surface area (Å²) in [4.78, 5) is 24.9. The van der Waals surface area contributed by atoms with Gasteiger partial charge in [0.05, 0.1) is 6.54 Å². The van der Waals surface area contributed by atoms with Gasteiger partial charge in [0.25, 0.3) is 0 Å². The van der Waals surface area contributed by atoms with Crippen molar-refractivity contribution in [2.75, 3.05) is 26.7 Å². The predicted molar refractivity (Wildman–Crippen MR) is 77.2 cm³/mol. The van der Waals surface area contributed by atoms with E-state index in [-0.39, 0.29) is 24.4 Å². The molecule has 1 aliphatic rings. The Hall–Kier alpha value is -1.88. The van der Waals surface area contributed by atoms with Crippen molar-refractivity contribution in [3.63, 3.8) is 0 Å². The zero-order chi connectivity index (χ0) is 14.4. The second-order valence-electron chi connectivity index (χ2n) is 5.09. The van der Waals surface area contributed by atoms with Crippen LogP contribution in [0, 0.1) is 0 Å². The number of benzene rings is 1. The molecule has 108 valence electrons. The molecule has 1 unspecified atom stereocenters. The number of hydrogen-bond acceptors (Lipinski definition) is 3. The largest absolute Gasteiger partial charge is 0.353 e. The summed E-state index contributed by atoms with van der Waals surface area (Å²) in [5.41, 5.74) is 1.29. The Kier molecular flexibility index (Phi) is 5.12. The molecule has 1 atom stereocenters. The van der Waals surface area contributed by atoms with Gasteiger partial charge in [-0.1, -0.05) is 30.3 Å². The third kappa shape index (κ3) is 4.06. The topological polar surface area (TPSA) is 61.4 Å². The molecule has 2 rings (SSSR count). The minimum Gasteiger partial charge on any atom is -0.353 e. The highest BCUT2D eigenvalue weighted by molar-refractivity contribution is 5.86. The Labute approximate surface area is 119 Å². The van der Waals surface area contributed by atoms with Crippen LogP contribution in [0.25, 0.3) is 0 Å². The van der Waals surface area contributed by atoms with E-state index < -0.39 is 0 Å². The van der Waals surface area contributed by atoms with E-state index >= 15 is 0 Å². The van der Waals surface area contributed by atoms with E-state index in [1.165, 1.54) is 5.56 Å². The van der Waals surface area contributed by atoms with E-state index in [2.05, 4.69) is 22.8 Å². The van der Waals surface area contributed by atoms with Crippen LogP contribution in [0.2, 0.25) is 0 Å². The van der Waals surface area contributed by atoms with Crippen molar-refractivity contribution >= 4 is 11.8 Å². The van der Waals surface area contributed by atoms with Crippen molar-refractivity contribution in [2.24, 2.45) is 0 Å². The van der Waals surface area contributed by atoms with Gasteiger partial charge >= 0.3 is 0 Å². The van der Waals surface area contributed by atoms with Crippen molar-refractivity contribution in [2.45, 2.75) is 18.9 Å². The first kappa shape index (κ1) is 14.5. The van der Waals surface area contributed by atoms with Crippen LogP contribution in [0.5, 0.6) is 0 Å². The third-order valence-electron chi connectivity index (χ3n) is 3.49. The number of nitrogens with zero attached hydrogens (tertiary/aromatic N) is 1. The molecule has 0 spiro atoms. The summed E-state index contributed by atoms with van der Waals surface area (Å²) in [7, 11) is 1.81. The first-order chi connectivity index (χ1) is 9.66. The number of likely N-dealkylation sites (N-methyl/N-ethyl adjacent to an activating group) is 1. The van der Waals surface area contributed by atoms with Crippen molar-refractivity contribution < 1.29 is 9.59 Å². The molecular weight excluding hydrogens is 254 g/mol. The fourth-order valence-electron chi connectivity index (χ4n) is 2.28. The van der Waals surface area contributed by atoms with E-state index in [0.717, 1.165) is 19.4 Å². The number of carbonyl (C=O) groups excluding carboxylic acids is 2. The summed E-state index contributed by atoms with van der Waals surface area (Å²) in [5, 5.41) is 5.66. The fourth-order valence-corrected chi connectivity index (χ4v) is 2.28. The van der Waals surface area contributed by atoms with Crippen LogP contribution in [0.4, 0.5) is 0 Å². The Balaban J connectivity index is 1.72. The summed E-state index contributed by atoms with van der Waals surface area (Å²) in [5.74, 6) is -0.0150. The Morgan fingerprint density at radius 1 is 1.35 bits per heavy atom. The highest BCUT2D eigenvalue weighted by Crippen LogP contribution is 2.04. The zero-order valence-electron chi connectivity index (χ0n) is 11.8. The van der Waals surface area contributed by atoms with E-state index in [1.807, 2.05) is 25.2 Å². The van der Waals surface area contributed by atoms with Crippen LogP contribution < -0.4 is 10.6 Å². The minimum atomic E-state index is -0.297. The summed E-state index contributed by atoms with van der Waals surface area (Å²) in [6.45, 7) is 1.31. The molecule has 2 amide bonds. The molecule has 0 saturated carbocycles. The minimum absolute atomic E-state index is 0.0399. The fraction of sp³-hybridized carbons (Fsp3) is 0.467. The second kappa shape index (κ2) is 7.05. The first-order valence-electron chi connectivity index (χ1n) is 6.96. The van der Waals surface area contributed by atoms with Crippen LogP contribution in [-0.4, -0.2) is 49.4 Å². The standard InChI is InChI=1S/C15H21N3O2/c1-18(9-5-8-12-6-3-2-4-7-12)15(20)13-10-17-14(19)11-16-13/h2-4,6-7,13,16H,5,8-11H2,1H3,(H,17,19). The Morgan fingerprint density at radius 3 is 2.75 bits per heavy atom. The predicted octanol–water partition coefficient (Wildman–Crippen LogP) is 0.166. The molecule has 1 fully saturated rings. The van der Waals surface area contributed by atoms with E-state index in [9.17, 15) is 9.59 Å². The number of nitrogens with one attached hydrogen (secondary N) is 2. The van der Waals surface area contributed by atoms with Gasteiger partial charge in [-0.05, 0) is 18.4 Å². The van der Waals surface area contributed by atoms with Gasteiger partial charge in [0.15, 0.2) is 0 Å². The second-order valence-corrected chi connectivity index (χ2v) is 5.09. The molecule has 0 aromatic heterocycles. The number of hydrogen-bond donors (Lipinski definition) is 2. The highest BCUT2D eigenvalue weighted by atomic mass is 16.2. The van der Waals surface area contributed by atoms with Gasteiger partial charge in [0.1, 0.15) is 6.04 Å². The van der Waals surface area contributed by atoms with Crippen LogP contribution in [-0.2, 0) is 16.0 Å². The molecule has 1 aromatic carbocycles. The zero-order valence-corrected chi connectivity index (χ0v) is 11.8. The van der Waals surface area contributed by atoms with Crippen molar-refractivity contribution in [1.82, 2.24) is 15.5 Å². The lowest BCUT2D eigenvalue weighted by atomic mass is 10.1. The van der Waals surface area contributed by atoms with Gasteiger partial charge < -0.3 is 10.2 Å². The Morgan fingerprint density at radius 2 is 2.10 bits per heavy atom. The van der Waals surface area contributed by atoms with Crippen LogP contribution in [0.15, 0.2) is 30.3 Å². The molecule has 1 heterocycles. The normalized spacial score (nSPS) is 18.4. The summed E-state index contributed by atoms with van der Waals surface area (Å²) >= 11 is 0. The summed E-state index contributed by atoms with van der Waals surface area (Å²) in [6, 6.07) is 9.95. The monoisotopic (exact) mass is 275 g/mol. The summed E-state index contributed by atoms with van der Waals surface area (Å²) in [6.07, 6.45) is 1.90. The average molecular weight is 275 g/mol. The van der Waals surface area contributed by atoms with Gasteiger partial charge in [-0.25, -0.2) is 0 Å². The first-order valence-corrected chi connectivity index (χ1v) is 6.96. The van der Waals surface area contributed by atoms with Gasteiger partial charge in [0, 0.05) is 20.1 Å². The number of rotatable bonds is 5. The van der Waals surface area contributed by atoms with Gasteiger partial charge in [0.2, 0.25) is 11.8 Å². The molecule has 20 heavy (non-hydrogen) atoms. The summed E-state index contributed by atoms with van der Waals surface area (Å²) < 4.78 is 0. The maximum atomic E-state index is 12.2. The van der Waals surface area contributed by atoms with E-state index in [4.69, 9.17) is 0 Å². The van der Waals surface area contributed by atoms with E-state index in [0.29, 0.717) is 6.54 Å². The molecule has 0 aliphatic carbocycles. The number of piperazine rings is 1. The van der Waals surface area contributed by atoms with Gasteiger partial charge in [-0.3, -0.25) is 14.9 Å². The Bertz CT molecular complexity index is 451. The maximum Gasteiger partial charge on any atom is 0.241 e. The smallest absolute Gasteiger partial charge is 0.241 e. The molecule has 0 bridgehead atoms. The molecule has 2 N–H and O–H groups in total. The maximum absolute atomic E-state index is 12.2. The lowest BCUT2D eigenvalue weighted by Crippen LogP contribution is -2.58. The third-order valence-corrected chi connectivity index (χ3v) is 3.49. The number of aryl methyl sites for hydroxylation is 1. The van der Waals surface area contributed by atoms with Crippen LogP contribution in [0.3, 0.4) is 0 Å². The number of carbonyl (C=O) groups is 2. The molecule has 1 aliphatic heterocycles. The highest BCUT2D eigenvalue weighted by Gasteiger charge is 2.25.